The van der Waals surface area contributed by atoms with Gasteiger partial charge in [0.05, 0.1) is 0 Å². The largest absolute Gasteiger partial charge is 0.361 e. The minimum Gasteiger partial charge on any atom is -0.361 e. The van der Waals surface area contributed by atoms with E-state index in [4.69, 9.17) is 0 Å². The highest BCUT2D eigenvalue weighted by molar-refractivity contribution is 5.99. The van der Waals surface area contributed by atoms with Crippen LogP contribution >= 0.6 is 0 Å². The molecule has 2 aromatic carbocycles. The van der Waals surface area contributed by atoms with Crippen LogP contribution in [0.2, 0.25) is 0 Å². The van der Waals surface area contributed by atoms with Gasteiger partial charge in [0, 0.05) is 47.9 Å². The lowest BCUT2D eigenvalue weighted by Gasteiger charge is -2.30. The third-order valence-corrected chi connectivity index (χ3v) is 5.80. The zero-order valence-corrected chi connectivity index (χ0v) is 16.8. The van der Waals surface area contributed by atoms with E-state index in [0.29, 0.717) is 23.6 Å². The van der Waals surface area contributed by atoms with Gasteiger partial charge in [0.25, 0.3) is 11.8 Å². The van der Waals surface area contributed by atoms with E-state index in [9.17, 15) is 9.59 Å². The number of aromatic nitrogens is 1. The van der Waals surface area contributed by atoms with Crippen LogP contribution < -0.4 is 5.32 Å². The lowest BCUT2D eigenvalue weighted by atomic mass is 9.98. The van der Waals surface area contributed by atoms with Crippen LogP contribution in [0.15, 0.2) is 54.7 Å². The lowest BCUT2D eigenvalue weighted by Crippen LogP contribution is -2.38. The van der Waals surface area contributed by atoms with E-state index in [1.807, 2.05) is 29.3 Å². The number of nitrogens with one attached hydrogen (secondary N) is 2. The van der Waals surface area contributed by atoms with Gasteiger partial charge in [-0.05, 0) is 55.0 Å². The molecule has 1 aliphatic heterocycles. The molecule has 5 nitrogen and oxygen atoms in total. The van der Waals surface area contributed by atoms with Gasteiger partial charge in [0.2, 0.25) is 0 Å². The quantitative estimate of drug-likeness (QED) is 0.692. The number of likely N-dealkylation sites (tertiary alicyclic amines) is 1. The first kappa shape index (κ1) is 19.2. The van der Waals surface area contributed by atoms with Gasteiger partial charge in [-0.15, -0.1) is 0 Å². The molecule has 0 bridgehead atoms. The molecule has 1 saturated heterocycles. The summed E-state index contributed by atoms with van der Waals surface area (Å²) < 4.78 is 0. The number of amides is 2. The van der Waals surface area contributed by atoms with Crippen molar-refractivity contribution in [1.29, 1.82) is 0 Å². The Labute approximate surface area is 171 Å². The molecule has 0 saturated carbocycles. The predicted molar refractivity (Wildman–Crippen MR) is 115 cm³/mol. The van der Waals surface area contributed by atoms with Crippen LogP contribution in [-0.2, 0) is 6.42 Å². The van der Waals surface area contributed by atoms with Gasteiger partial charge in [-0.3, -0.25) is 9.59 Å². The molecule has 0 radical (unpaired) electrons. The van der Waals surface area contributed by atoms with Crippen LogP contribution in [0.3, 0.4) is 0 Å². The number of benzene rings is 2. The van der Waals surface area contributed by atoms with E-state index in [2.05, 4.69) is 23.3 Å². The molecule has 1 aromatic heterocycles. The van der Waals surface area contributed by atoms with Crippen molar-refractivity contribution in [3.05, 3.63) is 71.4 Å². The third-order valence-electron chi connectivity index (χ3n) is 5.80. The van der Waals surface area contributed by atoms with Gasteiger partial charge in [-0.1, -0.05) is 31.2 Å². The molecular formula is C24H27N3O2. The number of nitrogens with zero attached hydrogens (tertiary/aromatic N) is 1. The Morgan fingerprint density at radius 3 is 2.66 bits per heavy atom. The van der Waals surface area contributed by atoms with Crippen molar-refractivity contribution in [3.63, 3.8) is 0 Å². The molecular weight excluding hydrogens is 362 g/mol. The second-order valence-electron chi connectivity index (χ2n) is 7.92. The number of carbonyl (C=O) groups excluding carboxylic acids is 2. The summed E-state index contributed by atoms with van der Waals surface area (Å²) in [6.07, 6.45) is 4.83. The predicted octanol–water partition coefficient (Wildman–Crippen LogP) is 4.01. The lowest BCUT2D eigenvalue weighted by molar-refractivity contribution is 0.0697. The fourth-order valence-corrected chi connectivity index (χ4v) is 3.94. The molecule has 1 aliphatic rings. The summed E-state index contributed by atoms with van der Waals surface area (Å²) in [5.74, 6) is 0.547. The average Bonchev–Trinajstić information content (AvgIpc) is 3.17. The molecule has 0 aliphatic carbocycles. The number of fused-ring (bicyclic) bond motifs is 1. The Morgan fingerprint density at radius 1 is 1.07 bits per heavy atom. The van der Waals surface area contributed by atoms with Crippen LogP contribution in [0.1, 0.15) is 46.0 Å². The molecule has 1 fully saturated rings. The van der Waals surface area contributed by atoms with Gasteiger partial charge in [0.15, 0.2) is 0 Å². The topological polar surface area (TPSA) is 65.2 Å². The Morgan fingerprint density at radius 2 is 1.83 bits per heavy atom. The van der Waals surface area contributed by atoms with Crippen molar-refractivity contribution in [2.24, 2.45) is 5.92 Å². The first-order valence-electron chi connectivity index (χ1n) is 10.3. The Balaban J connectivity index is 1.36. The molecule has 4 rings (SSSR count). The first-order valence-corrected chi connectivity index (χ1v) is 10.3. The van der Waals surface area contributed by atoms with Gasteiger partial charge >= 0.3 is 0 Å². The molecule has 0 atom stereocenters. The molecule has 0 unspecified atom stereocenters. The van der Waals surface area contributed by atoms with E-state index in [1.54, 1.807) is 24.3 Å². The fraction of sp³-hybridized carbons (Fsp3) is 0.333. The zero-order chi connectivity index (χ0) is 20.2. The summed E-state index contributed by atoms with van der Waals surface area (Å²) in [6.45, 7) is 4.36. The minimum absolute atomic E-state index is 0.0188. The Bertz CT molecular complexity index is 1020. The molecule has 5 heteroatoms. The average molecular weight is 389 g/mol. The molecule has 2 N–H and O–H groups in total. The molecule has 29 heavy (non-hydrogen) atoms. The van der Waals surface area contributed by atoms with E-state index >= 15 is 0 Å². The van der Waals surface area contributed by atoms with Crippen LogP contribution in [0, 0.1) is 5.92 Å². The SMILES string of the molecule is CC1CCN(C(=O)c2cccc(C(=O)NCCc3c[nH]c4ccccc34)c2)CC1. The number of piperidine rings is 1. The highest BCUT2D eigenvalue weighted by Gasteiger charge is 2.22. The summed E-state index contributed by atoms with van der Waals surface area (Å²) in [7, 11) is 0. The monoisotopic (exact) mass is 389 g/mol. The molecule has 2 amide bonds. The molecule has 0 spiro atoms. The Hall–Kier alpha value is -3.08. The summed E-state index contributed by atoms with van der Waals surface area (Å²) in [5.41, 5.74) is 3.40. The number of H-pyrrole nitrogens is 1. The number of para-hydroxylation sites is 1. The number of carbonyl (C=O) groups is 2. The van der Waals surface area contributed by atoms with Gasteiger partial charge in [-0.2, -0.15) is 0 Å². The third kappa shape index (κ3) is 4.34. The first-order chi connectivity index (χ1) is 14.1. The number of rotatable bonds is 5. The smallest absolute Gasteiger partial charge is 0.253 e. The second kappa shape index (κ2) is 8.52. The van der Waals surface area contributed by atoms with Crippen molar-refractivity contribution in [2.45, 2.75) is 26.2 Å². The van der Waals surface area contributed by atoms with E-state index in [0.717, 1.165) is 37.9 Å². The highest BCUT2D eigenvalue weighted by atomic mass is 16.2. The second-order valence-corrected chi connectivity index (χ2v) is 7.92. The summed E-state index contributed by atoms with van der Waals surface area (Å²) >= 11 is 0. The van der Waals surface area contributed by atoms with Crippen molar-refractivity contribution in [2.75, 3.05) is 19.6 Å². The van der Waals surface area contributed by atoms with Crippen molar-refractivity contribution in [1.82, 2.24) is 15.2 Å². The maximum Gasteiger partial charge on any atom is 0.253 e. The van der Waals surface area contributed by atoms with Crippen molar-refractivity contribution in [3.8, 4) is 0 Å². The number of hydrogen-bond acceptors (Lipinski definition) is 2. The van der Waals surface area contributed by atoms with Crippen LogP contribution in [0.5, 0.6) is 0 Å². The van der Waals surface area contributed by atoms with Crippen molar-refractivity contribution < 1.29 is 9.59 Å². The zero-order valence-electron chi connectivity index (χ0n) is 16.8. The van der Waals surface area contributed by atoms with Gasteiger partial charge in [0.1, 0.15) is 0 Å². The maximum absolute atomic E-state index is 12.8. The van der Waals surface area contributed by atoms with Crippen molar-refractivity contribution >= 4 is 22.7 Å². The fourth-order valence-electron chi connectivity index (χ4n) is 3.94. The minimum atomic E-state index is -0.147. The van der Waals surface area contributed by atoms with Gasteiger partial charge in [-0.25, -0.2) is 0 Å². The number of aromatic amines is 1. The molecule has 150 valence electrons. The van der Waals surface area contributed by atoms with Crippen LogP contribution in [-0.4, -0.2) is 41.3 Å². The van der Waals surface area contributed by atoms with E-state index in [1.165, 1.54) is 10.9 Å². The highest BCUT2D eigenvalue weighted by Crippen LogP contribution is 2.19. The maximum atomic E-state index is 12.8. The normalized spacial score (nSPS) is 14.9. The molecule has 2 heterocycles. The summed E-state index contributed by atoms with van der Waals surface area (Å²) in [6, 6.07) is 15.2. The number of hydrogen-bond donors (Lipinski definition) is 2. The van der Waals surface area contributed by atoms with Crippen LogP contribution in [0.25, 0.3) is 10.9 Å². The summed E-state index contributed by atoms with van der Waals surface area (Å²) in [5, 5.41) is 4.16. The van der Waals surface area contributed by atoms with Crippen LogP contribution in [0.4, 0.5) is 0 Å². The molecule has 3 aromatic rings. The Kier molecular flexibility index (Phi) is 5.65. The summed E-state index contributed by atoms with van der Waals surface area (Å²) in [4.78, 5) is 30.5. The standard InChI is InChI=1S/C24H27N3O2/c1-17-10-13-27(14-11-17)24(29)19-6-4-5-18(15-19)23(28)25-12-9-20-16-26-22-8-3-2-7-21(20)22/h2-8,15-17,26H,9-14H2,1H3,(H,25,28). The van der Waals surface area contributed by atoms with E-state index < -0.39 is 0 Å². The van der Waals surface area contributed by atoms with Gasteiger partial charge < -0.3 is 15.2 Å². The van der Waals surface area contributed by atoms with E-state index in [-0.39, 0.29) is 11.8 Å².